The van der Waals surface area contributed by atoms with Crippen molar-refractivity contribution >= 4 is 34.1 Å². The third-order valence-electron chi connectivity index (χ3n) is 4.95. The minimum atomic E-state index is -0.0259. The largest absolute Gasteiger partial charge is 0.495 e. The average molecular weight is 375 g/mol. The Morgan fingerprint density at radius 1 is 1.12 bits per heavy atom. The smallest absolute Gasteiger partial charge is 0.142 e. The van der Waals surface area contributed by atoms with E-state index in [0.717, 1.165) is 18.5 Å². The predicted molar refractivity (Wildman–Crippen MR) is 104 cm³/mol. The number of aromatic amines is 1. The number of fused-ring (bicyclic) bond motifs is 3. The number of nitrogens with one attached hydrogen (secondary N) is 2. The molecule has 0 radical (unpaired) electrons. The molecule has 1 unspecified atom stereocenters. The van der Waals surface area contributed by atoms with E-state index in [9.17, 15) is 0 Å². The highest BCUT2D eigenvalue weighted by Gasteiger charge is 2.29. The van der Waals surface area contributed by atoms with Crippen LogP contribution in [0.2, 0.25) is 10.0 Å². The van der Waals surface area contributed by atoms with Crippen LogP contribution in [0.3, 0.4) is 0 Å². The minimum Gasteiger partial charge on any atom is -0.495 e. The Bertz CT molecular complexity index is 978. The molecule has 2 N–H and O–H groups in total. The van der Waals surface area contributed by atoms with Crippen LogP contribution in [0.25, 0.3) is 10.9 Å². The fourth-order valence-electron chi connectivity index (χ4n) is 3.96. The second kappa shape index (κ2) is 6.24. The molecule has 1 aromatic heterocycles. The Balaban J connectivity index is 1.96. The maximum absolute atomic E-state index is 6.36. The van der Waals surface area contributed by atoms with E-state index in [4.69, 9.17) is 27.9 Å². The monoisotopic (exact) mass is 374 g/mol. The Labute approximate surface area is 157 Å². The van der Waals surface area contributed by atoms with Crippen LogP contribution < -0.4 is 10.1 Å². The summed E-state index contributed by atoms with van der Waals surface area (Å²) < 4.78 is 5.57. The summed E-state index contributed by atoms with van der Waals surface area (Å²) >= 11 is 12.6. The van der Waals surface area contributed by atoms with Crippen LogP contribution in [0.5, 0.6) is 5.75 Å². The summed E-state index contributed by atoms with van der Waals surface area (Å²) in [5.41, 5.74) is 7.25. The molecule has 1 atom stereocenters. The minimum absolute atomic E-state index is 0.0259. The zero-order valence-electron chi connectivity index (χ0n) is 14.5. The highest BCUT2D eigenvalue weighted by molar-refractivity contribution is 6.35. The van der Waals surface area contributed by atoms with Crippen LogP contribution in [0.15, 0.2) is 24.3 Å². The van der Waals surface area contributed by atoms with Crippen LogP contribution in [0.4, 0.5) is 0 Å². The normalized spacial score (nSPS) is 16.9. The molecular weight excluding hydrogens is 355 g/mol. The molecule has 5 heteroatoms. The first kappa shape index (κ1) is 16.8. The number of halogens is 2. The van der Waals surface area contributed by atoms with Gasteiger partial charge >= 0.3 is 0 Å². The van der Waals surface area contributed by atoms with E-state index in [1.54, 1.807) is 13.2 Å². The first-order valence-corrected chi connectivity index (χ1v) is 9.13. The van der Waals surface area contributed by atoms with Crippen molar-refractivity contribution in [3.05, 3.63) is 62.3 Å². The highest BCUT2D eigenvalue weighted by atomic mass is 35.5. The number of hydrogen-bond acceptors (Lipinski definition) is 2. The van der Waals surface area contributed by atoms with Gasteiger partial charge in [-0.1, -0.05) is 34.8 Å². The predicted octanol–water partition coefficient (Wildman–Crippen LogP) is 5.34. The Kier molecular flexibility index (Phi) is 4.19. The molecule has 130 valence electrons. The van der Waals surface area contributed by atoms with Gasteiger partial charge in [-0.25, -0.2) is 0 Å². The van der Waals surface area contributed by atoms with Crippen LogP contribution in [-0.2, 0) is 6.42 Å². The molecule has 0 saturated carbocycles. The van der Waals surface area contributed by atoms with Crippen molar-refractivity contribution in [3.8, 4) is 5.75 Å². The molecule has 2 aromatic carbocycles. The van der Waals surface area contributed by atoms with Crippen molar-refractivity contribution < 1.29 is 4.74 Å². The molecule has 2 heterocycles. The molecule has 4 rings (SSSR count). The summed E-state index contributed by atoms with van der Waals surface area (Å²) in [5, 5.41) is 6.04. The lowest BCUT2D eigenvalue weighted by Crippen LogP contribution is -2.30. The zero-order valence-corrected chi connectivity index (χ0v) is 16.0. The van der Waals surface area contributed by atoms with Gasteiger partial charge in [0, 0.05) is 33.7 Å². The van der Waals surface area contributed by atoms with E-state index in [0.29, 0.717) is 15.8 Å². The van der Waals surface area contributed by atoms with Crippen LogP contribution in [0.1, 0.15) is 34.0 Å². The fraction of sp³-hybridized carbons (Fsp3) is 0.300. The first-order valence-electron chi connectivity index (χ1n) is 8.37. The molecule has 3 aromatic rings. The lowest BCUT2D eigenvalue weighted by atomic mass is 9.93. The average Bonchev–Trinajstić information content (AvgIpc) is 2.93. The summed E-state index contributed by atoms with van der Waals surface area (Å²) in [7, 11) is 1.64. The molecule has 25 heavy (non-hydrogen) atoms. The molecule has 0 bridgehead atoms. The molecule has 0 aliphatic carbocycles. The number of rotatable bonds is 2. The van der Waals surface area contributed by atoms with E-state index < -0.39 is 0 Å². The van der Waals surface area contributed by atoms with Crippen molar-refractivity contribution in [2.75, 3.05) is 13.7 Å². The topological polar surface area (TPSA) is 37.0 Å². The number of hydrogen-bond donors (Lipinski definition) is 2. The zero-order chi connectivity index (χ0) is 17.7. The van der Waals surface area contributed by atoms with E-state index >= 15 is 0 Å². The molecule has 0 saturated heterocycles. The maximum Gasteiger partial charge on any atom is 0.142 e. The Morgan fingerprint density at radius 3 is 2.68 bits per heavy atom. The van der Waals surface area contributed by atoms with Gasteiger partial charge in [-0.15, -0.1) is 0 Å². The Morgan fingerprint density at radius 2 is 1.92 bits per heavy atom. The van der Waals surface area contributed by atoms with Gasteiger partial charge in [0.2, 0.25) is 0 Å². The molecule has 0 fully saturated rings. The number of ether oxygens (including phenoxy) is 1. The van der Waals surface area contributed by atoms with Gasteiger partial charge < -0.3 is 15.0 Å². The number of aryl methyl sites for hydroxylation is 2. The molecular formula is C20H20Cl2N2O. The van der Waals surface area contributed by atoms with Gasteiger partial charge in [-0.3, -0.25) is 0 Å². The Hall–Kier alpha value is -1.68. The summed E-state index contributed by atoms with van der Waals surface area (Å²) in [6.45, 7) is 5.19. The molecule has 1 aliphatic heterocycles. The second-order valence-electron chi connectivity index (χ2n) is 6.67. The van der Waals surface area contributed by atoms with Crippen molar-refractivity contribution in [2.24, 2.45) is 0 Å². The molecule has 0 spiro atoms. The van der Waals surface area contributed by atoms with E-state index in [-0.39, 0.29) is 6.04 Å². The van der Waals surface area contributed by atoms with Gasteiger partial charge in [0.25, 0.3) is 0 Å². The molecule has 3 nitrogen and oxygen atoms in total. The van der Waals surface area contributed by atoms with Crippen molar-refractivity contribution in [3.63, 3.8) is 0 Å². The standard InChI is InChI=1S/C20H20Cl2N2O/c1-10-6-11(2)17-14(7-10)13-4-5-23-18(19(13)24-17)15-8-12(21)9-16(22)20(15)25-3/h6-9,18,23-24H,4-5H2,1-3H3. The number of benzene rings is 2. The lowest BCUT2D eigenvalue weighted by Gasteiger charge is -2.26. The van der Waals surface area contributed by atoms with E-state index in [1.165, 1.54) is 33.3 Å². The first-order chi connectivity index (χ1) is 12.0. The van der Waals surface area contributed by atoms with E-state index in [2.05, 4.69) is 36.3 Å². The summed E-state index contributed by atoms with van der Waals surface area (Å²) in [6, 6.07) is 8.10. The lowest BCUT2D eigenvalue weighted by molar-refractivity contribution is 0.402. The summed E-state index contributed by atoms with van der Waals surface area (Å²) in [4.78, 5) is 3.65. The summed E-state index contributed by atoms with van der Waals surface area (Å²) in [6.07, 6.45) is 0.991. The second-order valence-corrected chi connectivity index (χ2v) is 7.51. The quantitative estimate of drug-likeness (QED) is 0.635. The van der Waals surface area contributed by atoms with Gasteiger partial charge in [-0.2, -0.15) is 0 Å². The summed E-state index contributed by atoms with van der Waals surface area (Å²) in [5.74, 6) is 0.669. The maximum atomic E-state index is 6.36. The molecule has 1 aliphatic rings. The number of methoxy groups -OCH3 is 1. The number of H-pyrrole nitrogens is 1. The van der Waals surface area contributed by atoms with E-state index in [1.807, 2.05) is 6.07 Å². The van der Waals surface area contributed by atoms with Crippen molar-refractivity contribution in [1.29, 1.82) is 0 Å². The van der Waals surface area contributed by atoms with Crippen molar-refractivity contribution in [2.45, 2.75) is 26.3 Å². The van der Waals surface area contributed by atoms with Gasteiger partial charge in [0.15, 0.2) is 0 Å². The van der Waals surface area contributed by atoms with Crippen LogP contribution in [0, 0.1) is 13.8 Å². The van der Waals surface area contributed by atoms with Gasteiger partial charge in [-0.05, 0) is 49.6 Å². The third-order valence-corrected chi connectivity index (χ3v) is 5.45. The third kappa shape index (κ3) is 2.71. The van der Waals surface area contributed by atoms with Crippen molar-refractivity contribution in [1.82, 2.24) is 10.3 Å². The van der Waals surface area contributed by atoms with Gasteiger partial charge in [0.05, 0.1) is 18.2 Å². The fourth-order valence-corrected chi connectivity index (χ4v) is 4.55. The molecule has 0 amide bonds. The van der Waals surface area contributed by atoms with Gasteiger partial charge in [0.1, 0.15) is 5.75 Å². The SMILES string of the molecule is COc1c(Cl)cc(Cl)cc1C1NCCc2c1[nH]c1c(C)cc(C)cc21. The van der Waals surface area contributed by atoms with Crippen LogP contribution >= 0.6 is 23.2 Å². The number of aromatic nitrogens is 1. The van der Waals surface area contributed by atoms with Crippen LogP contribution in [-0.4, -0.2) is 18.6 Å². The highest BCUT2D eigenvalue weighted by Crippen LogP contribution is 2.41.